The van der Waals surface area contributed by atoms with Gasteiger partial charge in [-0.1, -0.05) is 19.1 Å². The fourth-order valence-electron chi connectivity index (χ4n) is 2.90. The van der Waals surface area contributed by atoms with Crippen molar-refractivity contribution in [3.63, 3.8) is 0 Å². The number of carbonyl (C=O) groups excluding carboxylic acids is 2. The first-order valence-corrected chi connectivity index (χ1v) is 9.18. The number of hydrogen-bond donors (Lipinski definition) is 1. The van der Waals surface area contributed by atoms with Crippen LogP contribution in [-0.2, 0) is 9.53 Å². The van der Waals surface area contributed by atoms with Crippen molar-refractivity contribution in [1.29, 1.82) is 0 Å². The fourth-order valence-corrected chi connectivity index (χ4v) is 2.90. The third kappa shape index (κ3) is 5.33. The number of aryl methyl sites for hydroxylation is 2. The maximum absolute atomic E-state index is 12.7. The standard InChI is InChI=1S/C22H27NO4/c1-6-20(27-17-12-14(3)11-15(4)13-17)21(24)23-19-10-8-9-18(16(19)5)22(25)26-7-2/h8-13,20H,6-7H2,1-5H3,(H,23,24). The molecule has 1 unspecified atom stereocenters. The Hall–Kier alpha value is -2.82. The van der Waals surface area contributed by atoms with Crippen LogP contribution in [-0.4, -0.2) is 24.6 Å². The molecule has 0 fully saturated rings. The number of carbonyl (C=O) groups is 2. The Balaban J connectivity index is 2.17. The largest absolute Gasteiger partial charge is 0.481 e. The molecule has 1 N–H and O–H groups in total. The quantitative estimate of drug-likeness (QED) is 0.725. The molecule has 1 amide bonds. The second-order valence-corrected chi connectivity index (χ2v) is 6.53. The lowest BCUT2D eigenvalue weighted by atomic mass is 10.1. The molecule has 0 aromatic heterocycles. The molecule has 0 bridgehead atoms. The van der Waals surface area contributed by atoms with Crippen molar-refractivity contribution in [2.75, 3.05) is 11.9 Å². The van der Waals surface area contributed by atoms with Crippen LogP contribution in [0.3, 0.4) is 0 Å². The molecule has 2 aromatic carbocycles. The highest BCUT2D eigenvalue weighted by Gasteiger charge is 2.21. The van der Waals surface area contributed by atoms with Crippen LogP contribution < -0.4 is 10.1 Å². The van der Waals surface area contributed by atoms with Crippen LogP contribution in [0, 0.1) is 20.8 Å². The minimum absolute atomic E-state index is 0.249. The number of anilines is 1. The lowest BCUT2D eigenvalue weighted by Gasteiger charge is -2.19. The van der Waals surface area contributed by atoms with E-state index < -0.39 is 12.1 Å². The first kappa shape index (κ1) is 20.5. The van der Waals surface area contributed by atoms with Gasteiger partial charge in [-0.25, -0.2) is 4.79 Å². The van der Waals surface area contributed by atoms with Gasteiger partial charge in [-0.05, 0) is 75.1 Å². The van der Waals surface area contributed by atoms with Gasteiger partial charge in [0, 0.05) is 5.69 Å². The summed E-state index contributed by atoms with van der Waals surface area (Å²) in [5.41, 5.74) is 3.85. The summed E-state index contributed by atoms with van der Waals surface area (Å²) in [5, 5.41) is 2.88. The highest BCUT2D eigenvalue weighted by molar-refractivity contribution is 5.98. The van der Waals surface area contributed by atoms with Gasteiger partial charge in [0.15, 0.2) is 6.10 Å². The molecule has 1 atom stereocenters. The molecule has 0 aliphatic rings. The van der Waals surface area contributed by atoms with Crippen LogP contribution >= 0.6 is 0 Å². The Bertz CT molecular complexity index is 809. The second-order valence-electron chi connectivity index (χ2n) is 6.53. The van der Waals surface area contributed by atoms with E-state index in [4.69, 9.17) is 9.47 Å². The first-order chi connectivity index (χ1) is 12.8. The van der Waals surface area contributed by atoms with E-state index in [0.717, 1.165) is 11.1 Å². The van der Waals surface area contributed by atoms with E-state index >= 15 is 0 Å². The zero-order valence-electron chi connectivity index (χ0n) is 16.6. The molecule has 27 heavy (non-hydrogen) atoms. The average molecular weight is 369 g/mol. The van der Waals surface area contributed by atoms with Gasteiger partial charge in [0.25, 0.3) is 5.91 Å². The lowest BCUT2D eigenvalue weighted by molar-refractivity contribution is -0.122. The van der Waals surface area contributed by atoms with Gasteiger partial charge >= 0.3 is 5.97 Å². The van der Waals surface area contributed by atoms with Crippen molar-refractivity contribution in [2.24, 2.45) is 0 Å². The number of nitrogens with one attached hydrogen (secondary N) is 1. The summed E-state index contributed by atoms with van der Waals surface area (Å²) in [6.07, 6.45) is -0.105. The zero-order valence-corrected chi connectivity index (χ0v) is 16.6. The molecule has 0 spiro atoms. The maximum Gasteiger partial charge on any atom is 0.338 e. The molecule has 5 heteroatoms. The van der Waals surface area contributed by atoms with Crippen LogP contribution in [0.1, 0.15) is 47.3 Å². The van der Waals surface area contributed by atoms with Crippen molar-refractivity contribution in [3.8, 4) is 5.75 Å². The molecule has 0 saturated carbocycles. The minimum Gasteiger partial charge on any atom is -0.481 e. The zero-order chi connectivity index (χ0) is 20.0. The average Bonchev–Trinajstić information content (AvgIpc) is 2.60. The van der Waals surface area contributed by atoms with E-state index in [1.807, 2.05) is 32.9 Å². The van der Waals surface area contributed by atoms with Crippen molar-refractivity contribution in [2.45, 2.75) is 47.1 Å². The number of rotatable bonds is 7. The molecule has 0 aliphatic heterocycles. The van der Waals surface area contributed by atoms with E-state index in [2.05, 4.69) is 11.4 Å². The van der Waals surface area contributed by atoms with E-state index in [9.17, 15) is 9.59 Å². The van der Waals surface area contributed by atoms with Gasteiger partial charge < -0.3 is 14.8 Å². The van der Waals surface area contributed by atoms with Gasteiger partial charge in [-0.2, -0.15) is 0 Å². The first-order valence-electron chi connectivity index (χ1n) is 9.18. The van der Waals surface area contributed by atoms with Crippen molar-refractivity contribution in [1.82, 2.24) is 0 Å². The Morgan fingerprint density at radius 1 is 1.04 bits per heavy atom. The van der Waals surface area contributed by atoms with Gasteiger partial charge in [0.05, 0.1) is 12.2 Å². The number of benzene rings is 2. The molecule has 144 valence electrons. The summed E-state index contributed by atoms with van der Waals surface area (Å²) in [7, 11) is 0. The molecule has 0 aliphatic carbocycles. The summed E-state index contributed by atoms with van der Waals surface area (Å²) in [4.78, 5) is 24.8. The van der Waals surface area contributed by atoms with Gasteiger partial charge in [0.1, 0.15) is 5.75 Å². The van der Waals surface area contributed by atoms with Crippen molar-refractivity contribution >= 4 is 17.6 Å². The fraction of sp³-hybridized carbons (Fsp3) is 0.364. The Morgan fingerprint density at radius 3 is 2.30 bits per heavy atom. The van der Waals surface area contributed by atoms with E-state index in [-0.39, 0.29) is 5.91 Å². The lowest BCUT2D eigenvalue weighted by Crippen LogP contribution is -2.32. The molecule has 2 rings (SSSR count). The summed E-state index contributed by atoms with van der Waals surface area (Å²) in [6.45, 7) is 9.73. The van der Waals surface area contributed by atoms with E-state index in [1.54, 1.807) is 32.0 Å². The predicted octanol–water partition coefficient (Wildman–Crippen LogP) is 4.58. The number of amides is 1. The molecular formula is C22H27NO4. The van der Waals surface area contributed by atoms with Crippen LogP contribution in [0.4, 0.5) is 5.69 Å². The molecule has 2 aromatic rings. The maximum atomic E-state index is 12.7. The summed E-state index contributed by atoms with van der Waals surface area (Å²) < 4.78 is 11.0. The SMILES string of the molecule is CCOC(=O)c1cccc(NC(=O)C(CC)Oc2cc(C)cc(C)c2)c1C. The van der Waals surface area contributed by atoms with Crippen LogP contribution in [0.15, 0.2) is 36.4 Å². The number of hydrogen-bond acceptors (Lipinski definition) is 4. The summed E-state index contributed by atoms with van der Waals surface area (Å²) in [5.74, 6) is 0.0249. The normalized spacial score (nSPS) is 11.6. The van der Waals surface area contributed by atoms with Crippen molar-refractivity contribution in [3.05, 3.63) is 58.7 Å². The Morgan fingerprint density at radius 2 is 1.70 bits per heavy atom. The number of esters is 1. The molecular weight excluding hydrogens is 342 g/mol. The molecule has 0 heterocycles. The van der Waals surface area contributed by atoms with Gasteiger partial charge in [0.2, 0.25) is 0 Å². The van der Waals surface area contributed by atoms with Gasteiger partial charge in [-0.3, -0.25) is 4.79 Å². The van der Waals surface area contributed by atoms with Crippen LogP contribution in [0.25, 0.3) is 0 Å². The van der Waals surface area contributed by atoms with E-state index in [0.29, 0.717) is 35.6 Å². The predicted molar refractivity (Wildman–Crippen MR) is 106 cm³/mol. The third-order valence-corrected chi connectivity index (χ3v) is 4.22. The Labute approximate surface area is 160 Å². The molecule has 0 radical (unpaired) electrons. The molecule has 5 nitrogen and oxygen atoms in total. The van der Waals surface area contributed by atoms with Gasteiger partial charge in [-0.15, -0.1) is 0 Å². The summed E-state index contributed by atoms with van der Waals surface area (Å²) >= 11 is 0. The minimum atomic E-state index is -0.628. The van der Waals surface area contributed by atoms with E-state index in [1.165, 1.54) is 0 Å². The molecule has 0 saturated heterocycles. The van der Waals surface area contributed by atoms with Crippen molar-refractivity contribution < 1.29 is 19.1 Å². The van der Waals surface area contributed by atoms with Crippen LogP contribution in [0.2, 0.25) is 0 Å². The monoisotopic (exact) mass is 369 g/mol. The highest BCUT2D eigenvalue weighted by Crippen LogP contribution is 2.22. The topological polar surface area (TPSA) is 64.6 Å². The number of ether oxygens (including phenoxy) is 2. The smallest absolute Gasteiger partial charge is 0.338 e. The van der Waals surface area contributed by atoms with Crippen LogP contribution in [0.5, 0.6) is 5.75 Å². The highest BCUT2D eigenvalue weighted by atomic mass is 16.5. The third-order valence-electron chi connectivity index (χ3n) is 4.22. The second kappa shape index (κ2) is 9.21. The summed E-state index contributed by atoms with van der Waals surface area (Å²) in [6, 6.07) is 11.1. The Kier molecular flexibility index (Phi) is 6.99.